The van der Waals surface area contributed by atoms with Crippen molar-refractivity contribution in [1.29, 1.82) is 0 Å². The number of fused-ring (bicyclic) bond motifs is 1. The molecule has 0 aromatic heterocycles. The largest absolute Gasteiger partial charge is 0.324 e. The van der Waals surface area contributed by atoms with E-state index in [9.17, 15) is 0 Å². The van der Waals surface area contributed by atoms with E-state index in [1.165, 1.54) is 27.3 Å². The van der Waals surface area contributed by atoms with Gasteiger partial charge in [-0.3, -0.25) is 0 Å². The van der Waals surface area contributed by atoms with Gasteiger partial charge >= 0.3 is 0 Å². The van der Waals surface area contributed by atoms with Crippen molar-refractivity contribution in [1.82, 2.24) is 0 Å². The molecule has 2 heteroatoms. The zero-order chi connectivity index (χ0) is 9.42. The standard InChI is InChI=1S/C11H15NS/c1-7-3-4-8(2)11-10(7)9(12)5-6-13-11/h3-4,9H,5-6,12H2,1-2H3. The minimum Gasteiger partial charge on any atom is -0.324 e. The van der Waals surface area contributed by atoms with Gasteiger partial charge in [-0.05, 0) is 42.7 Å². The average molecular weight is 193 g/mol. The van der Waals surface area contributed by atoms with Crippen LogP contribution in [0.15, 0.2) is 17.0 Å². The molecular formula is C11H15NS. The minimum atomic E-state index is 0.260. The van der Waals surface area contributed by atoms with Crippen LogP contribution in [0.3, 0.4) is 0 Å². The highest BCUT2D eigenvalue weighted by Crippen LogP contribution is 2.38. The molecule has 0 amide bonds. The maximum atomic E-state index is 6.10. The van der Waals surface area contributed by atoms with Gasteiger partial charge in [0.1, 0.15) is 0 Å². The van der Waals surface area contributed by atoms with Gasteiger partial charge in [-0.1, -0.05) is 12.1 Å². The number of nitrogens with two attached hydrogens (primary N) is 1. The lowest BCUT2D eigenvalue weighted by molar-refractivity contribution is 0.673. The molecule has 1 aliphatic heterocycles. The summed E-state index contributed by atoms with van der Waals surface area (Å²) in [5, 5.41) is 0. The molecule has 1 aromatic rings. The molecule has 1 heterocycles. The maximum Gasteiger partial charge on any atom is 0.0316 e. The van der Waals surface area contributed by atoms with Crippen LogP contribution in [0.1, 0.15) is 29.2 Å². The normalized spacial score (nSPS) is 21.3. The van der Waals surface area contributed by atoms with Crippen LogP contribution in [0.2, 0.25) is 0 Å². The second-order valence-corrected chi connectivity index (χ2v) is 4.79. The molecule has 0 bridgehead atoms. The highest BCUT2D eigenvalue weighted by Gasteiger charge is 2.20. The average Bonchev–Trinajstić information content (AvgIpc) is 2.12. The Balaban J connectivity index is 2.60. The number of thioether (sulfide) groups is 1. The van der Waals surface area contributed by atoms with Crippen molar-refractivity contribution < 1.29 is 0 Å². The Morgan fingerprint density at radius 1 is 1.31 bits per heavy atom. The summed E-state index contributed by atoms with van der Waals surface area (Å²) in [6.45, 7) is 4.33. The zero-order valence-electron chi connectivity index (χ0n) is 8.13. The summed E-state index contributed by atoms with van der Waals surface area (Å²) in [4.78, 5) is 1.43. The first-order valence-corrected chi connectivity index (χ1v) is 5.67. The predicted octanol–water partition coefficient (Wildman–Crippen LogP) is 2.80. The fraction of sp³-hybridized carbons (Fsp3) is 0.455. The summed E-state index contributed by atoms with van der Waals surface area (Å²) in [6.07, 6.45) is 1.11. The van der Waals surface area contributed by atoms with Gasteiger partial charge in [0.25, 0.3) is 0 Å². The zero-order valence-corrected chi connectivity index (χ0v) is 8.95. The van der Waals surface area contributed by atoms with Gasteiger partial charge < -0.3 is 5.73 Å². The third kappa shape index (κ3) is 1.49. The Morgan fingerprint density at radius 3 is 2.69 bits per heavy atom. The van der Waals surface area contributed by atoms with E-state index in [0.717, 1.165) is 6.42 Å². The lowest BCUT2D eigenvalue weighted by atomic mass is 9.97. The summed E-state index contributed by atoms with van der Waals surface area (Å²) in [5.74, 6) is 1.17. The van der Waals surface area contributed by atoms with E-state index in [1.54, 1.807) is 0 Å². The SMILES string of the molecule is Cc1ccc(C)c2c1SCCC2N. The molecule has 1 aliphatic rings. The van der Waals surface area contributed by atoms with Gasteiger partial charge in [-0.15, -0.1) is 11.8 Å². The molecule has 1 unspecified atom stereocenters. The summed E-state index contributed by atoms with van der Waals surface area (Å²) in [5.41, 5.74) is 10.2. The second-order valence-electron chi connectivity index (χ2n) is 3.69. The molecular weight excluding hydrogens is 178 g/mol. The number of hydrogen-bond donors (Lipinski definition) is 1. The van der Waals surface area contributed by atoms with Gasteiger partial charge in [0, 0.05) is 10.9 Å². The Bertz CT molecular complexity index is 333. The summed E-state index contributed by atoms with van der Waals surface area (Å²) < 4.78 is 0. The van der Waals surface area contributed by atoms with Crippen LogP contribution in [-0.2, 0) is 0 Å². The van der Waals surface area contributed by atoms with Crippen molar-refractivity contribution in [2.75, 3.05) is 5.75 Å². The topological polar surface area (TPSA) is 26.0 Å². The van der Waals surface area contributed by atoms with Gasteiger partial charge in [0.15, 0.2) is 0 Å². The number of rotatable bonds is 0. The first-order chi connectivity index (χ1) is 6.20. The number of aryl methyl sites for hydroxylation is 2. The fourth-order valence-electron chi connectivity index (χ4n) is 1.89. The quantitative estimate of drug-likeness (QED) is 0.685. The molecule has 1 nitrogen and oxygen atoms in total. The highest BCUT2D eigenvalue weighted by atomic mass is 32.2. The highest BCUT2D eigenvalue weighted by molar-refractivity contribution is 7.99. The van der Waals surface area contributed by atoms with Crippen LogP contribution in [0.4, 0.5) is 0 Å². The maximum absolute atomic E-state index is 6.10. The third-order valence-corrected chi connectivity index (χ3v) is 3.93. The molecule has 2 rings (SSSR count). The van der Waals surface area contributed by atoms with Crippen LogP contribution in [-0.4, -0.2) is 5.75 Å². The van der Waals surface area contributed by atoms with Gasteiger partial charge in [0.05, 0.1) is 0 Å². The molecule has 0 aliphatic carbocycles. The van der Waals surface area contributed by atoms with Crippen molar-refractivity contribution in [3.63, 3.8) is 0 Å². The monoisotopic (exact) mass is 193 g/mol. The molecule has 1 atom stereocenters. The van der Waals surface area contributed by atoms with Crippen LogP contribution >= 0.6 is 11.8 Å². The molecule has 1 aromatic carbocycles. The number of benzene rings is 1. The van der Waals surface area contributed by atoms with Gasteiger partial charge in [0.2, 0.25) is 0 Å². The van der Waals surface area contributed by atoms with Crippen molar-refractivity contribution in [2.24, 2.45) is 5.73 Å². The van der Waals surface area contributed by atoms with Gasteiger partial charge in [-0.25, -0.2) is 0 Å². The van der Waals surface area contributed by atoms with E-state index in [2.05, 4.69) is 26.0 Å². The lowest BCUT2D eigenvalue weighted by Crippen LogP contribution is -2.17. The molecule has 70 valence electrons. The van der Waals surface area contributed by atoms with E-state index in [-0.39, 0.29) is 6.04 Å². The smallest absolute Gasteiger partial charge is 0.0316 e. The predicted molar refractivity (Wildman–Crippen MR) is 58.2 cm³/mol. The molecule has 0 saturated heterocycles. The second kappa shape index (κ2) is 3.35. The first-order valence-electron chi connectivity index (χ1n) is 4.68. The Kier molecular flexibility index (Phi) is 2.35. The minimum absolute atomic E-state index is 0.260. The summed E-state index contributed by atoms with van der Waals surface area (Å²) >= 11 is 1.95. The van der Waals surface area contributed by atoms with Gasteiger partial charge in [-0.2, -0.15) is 0 Å². The molecule has 0 radical (unpaired) electrons. The van der Waals surface area contributed by atoms with E-state index in [0.29, 0.717) is 0 Å². The van der Waals surface area contributed by atoms with Crippen molar-refractivity contribution >= 4 is 11.8 Å². The van der Waals surface area contributed by atoms with Crippen LogP contribution in [0, 0.1) is 13.8 Å². The van der Waals surface area contributed by atoms with Crippen molar-refractivity contribution in [3.8, 4) is 0 Å². The lowest BCUT2D eigenvalue weighted by Gasteiger charge is -2.25. The van der Waals surface area contributed by atoms with Crippen molar-refractivity contribution in [2.45, 2.75) is 31.2 Å². The van der Waals surface area contributed by atoms with E-state index in [1.807, 2.05) is 11.8 Å². The Hall–Kier alpha value is -0.470. The van der Waals surface area contributed by atoms with Crippen molar-refractivity contribution in [3.05, 3.63) is 28.8 Å². The first kappa shape index (κ1) is 9.10. The fourth-order valence-corrected chi connectivity index (χ4v) is 3.23. The molecule has 0 fully saturated rings. The van der Waals surface area contributed by atoms with Crippen LogP contribution in [0.25, 0.3) is 0 Å². The molecule has 13 heavy (non-hydrogen) atoms. The third-order valence-electron chi connectivity index (χ3n) is 2.66. The molecule has 0 saturated carbocycles. The van der Waals surface area contributed by atoms with E-state index in [4.69, 9.17) is 5.73 Å². The van der Waals surface area contributed by atoms with E-state index >= 15 is 0 Å². The van der Waals surface area contributed by atoms with E-state index < -0.39 is 0 Å². The Morgan fingerprint density at radius 2 is 2.00 bits per heavy atom. The molecule has 0 spiro atoms. The number of hydrogen-bond acceptors (Lipinski definition) is 2. The van der Waals surface area contributed by atoms with Crippen LogP contribution < -0.4 is 5.73 Å². The molecule has 2 N–H and O–H groups in total. The summed E-state index contributed by atoms with van der Waals surface area (Å²) in [7, 11) is 0. The van der Waals surface area contributed by atoms with Crippen LogP contribution in [0.5, 0.6) is 0 Å². The summed E-state index contributed by atoms with van der Waals surface area (Å²) in [6, 6.07) is 4.63. The Labute approximate surface area is 83.7 Å².